The van der Waals surface area contributed by atoms with E-state index < -0.39 is 0 Å². The lowest BCUT2D eigenvalue weighted by Crippen LogP contribution is -2.43. The minimum atomic E-state index is -0.329. The number of amides is 1. The Bertz CT molecular complexity index is 971. The first-order valence-corrected chi connectivity index (χ1v) is 11.5. The second kappa shape index (κ2) is 12.7. The zero-order valence-electron chi connectivity index (χ0n) is 19.1. The number of guanidine groups is 1. The van der Waals surface area contributed by atoms with E-state index in [0.717, 1.165) is 56.1 Å². The van der Waals surface area contributed by atoms with E-state index in [2.05, 4.69) is 58.9 Å². The van der Waals surface area contributed by atoms with Crippen molar-refractivity contribution in [2.45, 2.75) is 38.8 Å². The first-order chi connectivity index (χ1) is 15.7. The molecule has 2 heterocycles. The summed E-state index contributed by atoms with van der Waals surface area (Å²) >= 11 is 0. The van der Waals surface area contributed by atoms with Crippen molar-refractivity contribution in [3.8, 4) is 0 Å². The summed E-state index contributed by atoms with van der Waals surface area (Å²) in [5, 5.41) is 6.40. The van der Waals surface area contributed by atoms with Gasteiger partial charge in [-0.1, -0.05) is 48.5 Å². The van der Waals surface area contributed by atoms with E-state index in [1.807, 2.05) is 24.3 Å². The standard InChI is InChI=1S/C26H32N4O2.HI/c1-2-27-26(30-15-13-22(14-16-30)21-9-4-3-5-10-21)28-19-20-8-6-11-23(18-20)29-25(31)24-12-7-17-32-24;/h3-6,8-11,13,18,24H,2,7,12,14-17,19H2,1H3,(H,27,28)(H,29,31);1H. The minimum Gasteiger partial charge on any atom is -0.368 e. The Hall–Kier alpha value is -2.39. The van der Waals surface area contributed by atoms with Gasteiger partial charge in [0.1, 0.15) is 6.10 Å². The molecule has 1 unspecified atom stereocenters. The Morgan fingerprint density at radius 2 is 2.03 bits per heavy atom. The average Bonchev–Trinajstić information content (AvgIpc) is 3.38. The van der Waals surface area contributed by atoms with E-state index in [1.54, 1.807) is 0 Å². The van der Waals surface area contributed by atoms with Gasteiger partial charge in [-0.15, -0.1) is 24.0 Å². The number of rotatable bonds is 6. The Labute approximate surface area is 213 Å². The van der Waals surface area contributed by atoms with Crippen LogP contribution in [0.2, 0.25) is 0 Å². The number of carbonyl (C=O) groups is 1. The molecular weight excluding hydrogens is 527 g/mol. The van der Waals surface area contributed by atoms with Gasteiger partial charge in [0.05, 0.1) is 6.54 Å². The van der Waals surface area contributed by atoms with E-state index in [1.165, 1.54) is 11.1 Å². The van der Waals surface area contributed by atoms with Crippen LogP contribution in [0.4, 0.5) is 5.69 Å². The van der Waals surface area contributed by atoms with Crippen LogP contribution in [0.1, 0.15) is 37.3 Å². The van der Waals surface area contributed by atoms with Crippen molar-refractivity contribution in [2.24, 2.45) is 4.99 Å². The molecule has 2 aromatic carbocycles. The molecule has 176 valence electrons. The lowest BCUT2D eigenvalue weighted by molar-refractivity contribution is -0.124. The summed E-state index contributed by atoms with van der Waals surface area (Å²) in [5.74, 6) is 0.857. The number of carbonyl (C=O) groups excluding carboxylic acids is 1. The number of benzene rings is 2. The summed E-state index contributed by atoms with van der Waals surface area (Å²) in [6.45, 7) is 5.90. The lowest BCUT2D eigenvalue weighted by Gasteiger charge is -2.30. The van der Waals surface area contributed by atoms with Gasteiger partial charge in [0.25, 0.3) is 5.91 Å². The Morgan fingerprint density at radius 3 is 2.73 bits per heavy atom. The minimum absolute atomic E-state index is 0. The van der Waals surface area contributed by atoms with Crippen molar-refractivity contribution in [1.82, 2.24) is 10.2 Å². The van der Waals surface area contributed by atoms with Gasteiger partial charge in [0.2, 0.25) is 0 Å². The molecule has 7 heteroatoms. The quantitative estimate of drug-likeness (QED) is 0.306. The highest BCUT2D eigenvalue weighted by Gasteiger charge is 2.23. The first kappa shape index (κ1) is 25.2. The van der Waals surface area contributed by atoms with Crippen LogP contribution in [0.15, 0.2) is 65.7 Å². The molecule has 1 fully saturated rings. The zero-order valence-corrected chi connectivity index (χ0v) is 21.5. The summed E-state index contributed by atoms with van der Waals surface area (Å²) in [6, 6.07) is 18.5. The largest absolute Gasteiger partial charge is 0.368 e. The van der Waals surface area contributed by atoms with E-state index >= 15 is 0 Å². The number of halogens is 1. The van der Waals surface area contributed by atoms with Gasteiger partial charge in [-0.2, -0.15) is 0 Å². The molecule has 0 bridgehead atoms. The fourth-order valence-electron chi connectivity index (χ4n) is 4.12. The van der Waals surface area contributed by atoms with Gasteiger partial charge < -0.3 is 20.3 Å². The molecule has 0 aromatic heterocycles. The summed E-state index contributed by atoms with van der Waals surface area (Å²) in [7, 11) is 0. The monoisotopic (exact) mass is 560 g/mol. The third-order valence-corrected chi connectivity index (χ3v) is 5.82. The fraction of sp³-hybridized carbons (Fsp3) is 0.385. The van der Waals surface area contributed by atoms with Crippen LogP contribution < -0.4 is 10.6 Å². The van der Waals surface area contributed by atoms with Crippen LogP contribution in [-0.2, 0) is 16.1 Å². The fourth-order valence-corrected chi connectivity index (χ4v) is 4.12. The second-order valence-corrected chi connectivity index (χ2v) is 8.15. The van der Waals surface area contributed by atoms with Gasteiger partial charge in [-0.3, -0.25) is 4.79 Å². The number of hydrogen-bond donors (Lipinski definition) is 2. The highest BCUT2D eigenvalue weighted by atomic mass is 127. The van der Waals surface area contributed by atoms with Gasteiger partial charge in [0, 0.05) is 31.9 Å². The number of hydrogen-bond acceptors (Lipinski definition) is 3. The molecule has 0 spiro atoms. The molecule has 1 atom stereocenters. The molecule has 6 nitrogen and oxygen atoms in total. The molecule has 2 N–H and O–H groups in total. The van der Waals surface area contributed by atoms with Crippen LogP contribution in [0, 0.1) is 0 Å². The molecule has 2 aliphatic rings. The highest BCUT2D eigenvalue weighted by molar-refractivity contribution is 14.0. The van der Waals surface area contributed by atoms with Crippen molar-refractivity contribution < 1.29 is 9.53 Å². The van der Waals surface area contributed by atoms with Gasteiger partial charge >= 0.3 is 0 Å². The molecular formula is C26H33IN4O2. The Morgan fingerprint density at radius 1 is 1.18 bits per heavy atom. The first-order valence-electron chi connectivity index (χ1n) is 11.5. The van der Waals surface area contributed by atoms with Crippen LogP contribution >= 0.6 is 24.0 Å². The van der Waals surface area contributed by atoms with Crippen molar-refractivity contribution >= 4 is 47.1 Å². The van der Waals surface area contributed by atoms with Crippen molar-refractivity contribution in [1.29, 1.82) is 0 Å². The van der Waals surface area contributed by atoms with Crippen LogP contribution in [0.3, 0.4) is 0 Å². The smallest absolute Gasteiger partial charge is 0.253 e. The van der Waals surface area contributed by atoms with Crippen molar-refractivity contribution in [3.05, 3.63) is 71.8 Å². The number of nitrogens with zero attached hydrogens (tertiary/aromatic N) is 2. The average molecular weight is 560 g/mol. The zero-order chi connectivity index (χ0) is 22.2. The van der Waals surface area contributed by atoms with E-state index in [4.69, 9.17) is 9.73 Å². The molecule has 2 aliphatic heterocycles. The normalized spacial score (nSPS) is 18.3. The van der Waals surface area contributed by atoms with Crippen molar-refractivity contribution in [2.75, 3.05) is 31.6 Å². The van der Waals surface area contributed by atoms with E-state index in [-0.39, 0.29) is 36.0 Å². The number of nitrogens with one attached hydrogen (secondary N) is 2. The summed E-state index contributed by atoms with van der Waals surface area (Å²) in [5.41, 5.74) is 4.54. The maximum Gasteiger partial charge on any atom is 0.253 e. The third kappa shape index (κ3) is 7.04. The van der Waals surface area contributed by atoms with Gasteiger partial charge in [-0.25, -0.2) is 4.99 Å². The second-order valence-electron chi connectivity index (χ2n) is 8.15. The maximum absolute atomic E-state index is 12.3. The van der Waals surface area contributed by atoms with Gasteiger partial charge in [0.15, 0.2) is 5.96 Å². The number of anilines is 1. The number of aliphatic imine (C=N–C) groups is 1. The topological polar surface area (TPSA) is 66.0 Å². The summed E-state index contributed by atoms with van der Waals surface area (Å²) in [6.07, 6.45) is 4.70. The molecule has 4 rings (SSSR count). The Kier molecular flexibility index (Phi) is 9.75. The van der Waals surface area contributed by atoms with Gasteiger partial charge in [-0.05, 0) is 55.0 Å². The van der Waals surface area contributed by atoms with Crippen LogP contribution in [0.5, 0.6) is 0 Å². The highest BCUT2D eigenvalue weighted by Crippen LogP contribution is 2.22. The summed E-state index contributed by atoms with van der Waals surface area (Å²) in [4.78, 5) is 19.5. The summed E-state index contributed by atoms with van der Waals surface area (Å²) < 4.78 is 5.47. The van der Waals surface area contributed by atoms with E-state index in [0.29, 0.717) is 13.2 Å². The molecule has 2 aromatic rings. The SMILES string of the molecule is CCNC(=NCc1cccc(NC(=O)C2CCCO2)c1)N1CC=C(c2ccccc2)CC1.I. The Balaban J connectivity index is 0.00000306. The lowest BCUT2D eigenvalue weighted by atomic mass is 10.00. The third-order valence-electron chi connectivity index (χ3n) is 5.82. The molecule has 0 radical (unpaired) electrons. The van der Waals surface area contributed by atoms with Crippen LogP contribution in [0.25, 0.3) is 5.57 Å². The van der Waals surface area contributed by atoms with Crippen molar-refractivity contribution in [3.63, 3.8) is 0 Å². The van der Waals surface area contributed by atoms with E-state index in [9.17, 15) is 4.79 Å². The maximum atomic E-state index is 12.3. The predicted molar refractivity (Wildman–Crippen MR) is 145 cm³/mol. The number of ether oxygens (including phenoxy) is 1. The predicted octanol–water partition coefficient (Wildman–Crippen LogP) is 4.68. The molecule has 1 saturated heterocycles. The molecule has 0 saturated carbocycles. The van der Waals surface area contributed by atoms with Crippen LogP contribution in [-0.4, -0.2) is 49.1 Å². The molecule has 1 amide bonds. The molecule has 0 aliphatic carbocycles. The molecule has 33 heavy (non-hydrogen) atoms.